The number of aliphatic carboxylic acids is 1. The Morgan fingerprint density at radius 2 is 2.20 bits per heavy atom. The lowest BCUT2D eigenvalue weighted by atomic mass is 10.3. The van der Waals surface area contributed by atoms with Crippen LogP contribution in [-0.2, 0) is 4.79 Å². The molecule has 82 valence electrons. The highest BCUT2D eigenvalue weighted by atomic mass is 35.5. The average Bonchev–Trinajstić information content (AvgIpc) is 2.11. The van der Waals surface area contributed by atoms with Gasteiger partial charge in [-0.3, -0.25) is 4.79 Å². The highest BCUT2D eigenvalue weighted by molar-refractivity contribution is 6.42. The predicted molar refractivity (Wildman–Crippen MR) is 58.8 cm³/mol. The average molecular weight is 249 g/mol. The Kier molecular flexibility index (Phi) is 4.24. The zero-order valence-electron chi connectivity index (χ0n) is 8.04. The van der Waals surface area contributed by atoms with Gasteiger partial charge in [0.1, 0.15) is 16.9 Å². The molecule has 1 rings (SSSR count). The summed E-state index contributed by atoms with van der Waals surface area (Å²) in [5, 5.41) is 9.23. The standard InChI is InChI=1S/C10H10Cl2O3/c1-6(5-9(13)14)15-8-4-2-3-7(11)10(8)12/h2-4,6H,5H2,1H3,(H,13,14)/t6-/m1/s1. The largest absolute Gasteiger partial charge is 0.488 e. The summed E-state index contributed by atoms with van der Waals surface area (Å²) in [6, 6.07) is 4.97. The molecule has 1 N–H and O–H groups in total. The van der Waals surface area contributed by atoms with Gasteiger partial charge in [-0.1, -0.05) is 29.3 Å². The number of hydrogen-bond acceptors (Lipinski definition) is 2. The molecule has 0 amide bonds. The molecule has 0 saturated carbocycles. The van der Waals surface area contributed by atoms with E-state index in [-0.39, 0.29) is 6.42 Å². The first-order valence-electron chi connectivity index (χ1n) is 4.33. The van der Waals surface area contributed by atoms with Crippen molar-refractivity contribution in [2.24, 2.45) is 0 Å². The van der Waals surface area contributed by atoms with Gasteiger partial charge >= 0.3 is 5.97 Å². The summed E-state index contributed by atoms with van der Waals surface area (Å²) >= 11 is 11.6. The van der Waals surface area contributed by atoms with E-state index in [0.717, 1.165) is 0 Å². The van der Waals surface area contributed by atoms with Crippen LogP contribution in [0.4, 0.5) is 0 Å². The summed E-state index contributed by atoms with van der Waals surface area (Å²) in [6.45, 7) is 1.66. The molecule has 0 heterocycles. The van der Waals surface area contributed by atoms with Gasteiger partial charge < -0.3 is 9.84 Å². The quantitative estimate of drug-likeness (QED) is 0.890. The molecule has 15 heavy (non-hydrogen) atoms. The van der Waals surface area contributed by atoms with E-state index in [4.69, 9.17) is 33.0 Å². The van der Waals surface area contributed by atoms with Crippen LogP contribution in [0.3, 0.4) is 0 Å². The molecule has 0 spiro atoms. The second kappa shape index (κ2) is 5.24. The second-order valence-corrected chi connectivity index (χ2v) is 3.86. The zero-order valence-corrected chi connectivity index (χ0v) is 9.55. The van der Waals surface area contributed by atoms with Crippen molar-refractivity contribution in [1.82, 2.24) is 0 Å². The van der Waals surface area contributed by atoms with Crippen LogP contribution in [0.15, 0.2) is 18.2 Å². The van der Waals surface area contributed by atoms with Gasteiger partial charge in [0.05, 0.1) is 11.4 Å². The van der Waals surface area contributed by atoms with Crippen LogP contribution in [0.5, 0.6) is 5.75 Å². The van der Waals surface area contributed by atoms with Gasteiger partial charge in [0, 0.05) is 0 Å². The molecule has 0 saturated heterocycles. The molecule has 1 aromatic carbocycles. The maximum atomic E-state index is 10.4. The first kappa shape index (κ1) is 12.1. The van der Waals surface area contributed by atoms with Gasteiger partial charge in [0.2, 0.25) is 0 Å². The van der Waals surface area contributed by atoms with Crippen LogP contribution in [0.1, 0.15) is 13.3 Å². The molecule has 1 atom stereocenters. The smallest absolute Gasteiger partial charge is 0.307 e. The Morgan fingerprint density at radius 1 is 1.53 bits per heavy atom. The summed E-state index contributed by atoms with van der Waals surface area (Å²) in [4.78, 5) is 10.4. The second-order valence-electron chi connectivity index (χ2n) is 3.08. The molecular weight excluding hydrogens is 239 g/mol. The minimum absolute atomic E-state index is 0.0805. The predicted octanol–water partition coefficient (Wildman–Crippen LogP) is 3.24. The van der Waals surface area contributed by atoms with Crippen LogP contribution < -0.4 is 4.74 Å². The van der Waals surface area contributed by atoms with Crippen LogP contribution in [0.2, 0.25) is 10.0 Å². The minimum atomic E-state index is -0.916. The van der Waals surface area contributed by atoms with Crippen LogP contribution >= 0.6 is 23.2 Å². The number of carboxylic acids is 1. The van der Waals surface area contributed by atoms with Crippen molar-refractivity contribution in [2.75, 3.05) is 0 Å². The topological polar surface area (TPSA) is 46.5 Å². The lowest BCUT2D eigenvalue weighted by Gasteiger charge is -2.14. The number of hydrogen-bond donors (Lipinski definition) is 1. The fourth-order valence-electron chi connectivity index (χ4n) is 1.08. The maximum absolute atomic E-state index is 10.4. The normalized spacial score (nSPS) is 12.2. The number of carboxylic acid groups (broad SMARTS) is 1. The van der Waals surface area contributed by atoms with Gasteiger partial charge in [0.25, 0.3) is 0 Å². The molecule has 0 radical (unpaired) electrons. The third-order valence-corrected chi connectivity index (χ3v) is 2.51. The summed E-state index contributed by atoms with van der Waals surface area (Å²) in [6.07, 6.45) is -0.526. The number of rotatable bonds is 4. The first-order chi connectivity index (χ1) is 7.00. The molecule has 0 aromatic heterocycles. The van der Waals surface area contributed by atoms with E-state index in [1.807, 2.05) is 0 Å². The summed E-state index contributed by atoms with van der Waals surface area (Å²) in [7, 11) is 0. The van der Waals surface area contributed by atoms with E-state index in [0.29, 0.717) is 15.8 Å². The van der Waals surface area contributed by atoms with Crippen molar-refractivity contribution in [2.45, 2.75) is 19.4 Å². The molecule has 0 aliphatic carbocycles. The van der Waals surface area contributed by atoms with E-state index in [1.54, 1.807) is 25.1 Å². The van der Waals surface area contributed by atoms with E-state index < -0.39 is 12.1 Å². The van der Waals surface area contributed by atoms with Crippen molar-refractivity contribution in [3.8, 4) is 5.75 Å². The molecule has 0 unspecified atom stereocenters. The van der Waals surface area contributed by atoms with Gasteiger partial charge in [-0.15, -0.1) is 0 Å². The number of ether oxygens (including phenoxy) is 1. The van der Waals surface area contributed by atoms with Crippen LogP contribution in [0.25, 0.3) is 0 Å². The Morgan fingerprint density at radius 3 is 2.80 bits per heavy atom. The van der Waals surface area contributed by atoms with Crippen molar-refractivity contribution < 1.29 is 14.6 Å². The van der Waals surface area contributed by atoms with Crippen molar-refractivity contribution >= 4 is 29.2 Å². The summed E-state index contributed by atoms with van der Waals surface area (Å²) < 4.78 is 5.34. The third kappa shape index (κ3) is 3.61. The number of benzene rings is 1. The summed E-state index contributed by atoms with van der Waals surface area (Å²) in [5.74, 6) is -0.515. The fraction of sp³-hybridized carbons (Fsp3) is 0.300. The lowest BCUT2D eigenvalue weighted by Crippen LogP contribution is -2.16. The zero-order chi connectivity index (χ0) is 11.4. The number of carbonyl (C=O) groups is 1. The van der Waals surface area contributed by atoms with E-state index >= 15 is 0 Å². The monoisotopic (exact) mass is 248 g/mol. The fourth-order valence-corrected chi connectivity index (χ4v) is 1.42. The molecule has 0 aliphatic heterocycles. The van der Waals surface area contributed by atoms with Crippen molar-refractivity contribution in [1.29, 1.82) is 0 Å². The molecule has 3 nitrogen and oxygen atoms in total. The first-order valence-corrected chi connectivity index (χ1v) is 5.08. The molecule has 0 bridgehead atoms. The van der Waals surface area contributed by atoms with Crippen molar-refractivity contribution in [3.05, 3.63) is 28.2 Å². The Balaban J connectivity index is 2.72. The molecular formula is C10H10Cl2O3. The molecule has 0 aliphatic rings. The SMILES string of the molecule is C[C@H](CC(=O)O)Oc1cccc(Cl)c1Cl. The van der Waals surface area contributed by atoms with Gasteiger partial charge in [0.15, 0.2) is 0 Å². The van der Waals surface area contributed by atoms with Crippen molar-refractivity contribution in [3.63, 3.8) is 0 Å². The van der Waals surface area contributed by atoms with Crippen LogP contribution in [0, 0.1) is 0 Å². The third-order valence-electron chi connectivity index (χ3n) is 1.71. The molecule has 5 heteroatoms. The van der Waals surface area contributed by atoms with E-state index in [2.05, 4.69) is 0 Å². The van der Waals surface area contributed by atoms with Crippen LogP contribution in [-0.4, -0.2) is 17.2 Å². The summed E-state index contributed by atoms with van der Waals surface area (Å²) in [5.41, 5.74) is 0. The Labute approximate surface area is 97.6 Å². The molecule has 0 fully saturated rings. The number of halogens is 2. The highest BCUT2D eigenvalue weighted by Gasteiger charge is 2.12. The maximum Gasteiger partial charge on any atom is 0.307 e. The minimum Gasteiger partial charge on any atom is -0.488 e. The Hall–Kier alpha value is -0.930. The van der Waals surface area contributed by atoms with Gasteiger partial charge in [-0.05, 0) is 19.1 Å². The Bertz CT molecular complexity index is 366. The van der Waals surface area contributed by atoms with Gasteiger partial charge in [-0.2, -0.15) is 0 Å². The molecule has 1 aromatic rings. The highest BCUT2D eigenvalue weighted by Crippen LogP contribution is 2.32. The van der Waals surface area contributed by atoms with Gasteiger partial charge in [-0.25, -0.2) is 0 Å². The van der Waals surface area contributed by atoms with E-state index in [9.17, 15) is 4.79 Å². The van der Waals surface area contributed by atoms with E-state index in [1.165, 1.54) is 0 Å². The lowest BCUT2D eigenvalue weighted by molar-refractivity contribution is -0.138.